The number of amides is 2. The summed E-state index contributed by atoms with van der Waals surface area (Å²) in [5.74, 6) is -1.75. The summed E-state index contributed by atoms with van der Waals surface area (Å²) < 4.78 is 14.0. The number of fused-ring (bicyclic) bond motifs is 1. The maximum atomic E-state index is 12.8. The maximum Gasteiger partial charge on any atom is 0.333 e. The van der Waals surface area contributed by atoms with E-state index in [1.165, 1.54) is 9.13 Å². The van der Waals surface area contributed by atoms with E-state index in [-0.39, 0.29) is 24.6 Å². The Morgan fingerprint density at radius 2 is 1.91 bits per heavy atom. The van der Waals surface area contributed by atoms with Crippen LogP contribution in [0.15, 0.2) is 23.0 Å². The number of carbonyl (C=O) groups is 3. The maximum absolute atomic E-state index is 12.8. The van der Waals surface area contributed by atoms with Gasteiger partial charge >= 0.3 is 11.7 Å². The number of carbonyl (C=O) groups excluding carboxylic acids is 2. The summed E-state index contributed by atoms with van der Waals surface area (Å²) in [6.07, 6.45) is 1.09. The third kappa shape index (κ3) is 5.74. The molecule has 10 nitrogen and oxygen atoms in total. The first-order valence-electron chi connectivity index (χ1n) is 11.5. The van der Waals surface area contributed by atoms with Gasteiger partial charge in [0.15, 0.2) is 6.10 Å². The van der Waals surface area contributed by atoms with Crippen molar-refractivity contribution in [3.8, 4) is 0 Å². The molecule has 10 heteroatoms. The van der Waals surface area contributed by atoms with Gasteiger partial charge in [-0.2, -0.15) is 0 Å². The summed E-state index contributed by atoms with van der Waals surface area (Å²) in [5.41, 5.74) is 1.62. The van der Waals surface area contributed by atoms with E-state index < -0.39 is 29.4 Å². The van der Waals surface area contributed by atoms with Crippen molar-refractivity contribution in [2.24, 2.45) is 12.5 Å². The number of carboxylic acid groups (broad SMARTS) is 1. The zero-order valence-corrected chi connectivity index (χ0v) is 20.1. The fourth-order valence-corrected chi connectivity index (χ4v) is 4.19. The third-order valence-corrected chi connectivity index (χ3v) is 5.95. The molecule has 1 saturated heterocycles. The predicted molar refractivity (Wildman–Crippen MR) is 125 cm³/mol. The zero-order valence-electron chi connectivity index (χ0n) is 20.1. The number of hydrogen-bond acceptors (Lipinski definition) is 6. The van der Waals surface area contributed by atoms with Crippen molar-refractivity contribution in [1.29, 1.82) is 0 Å². The summed E-state index contributed by atoms with van der Waals surface area (Å²) >= 11 is 0. The number of nitrogens with one attached hydrogen (secondary N) is 1. The number of ether oxygens (including phenoxy) is 2. The largest absolute Gasteiger partial charge is 0.479 e. The number of imide groups is 1. The average molecular weight is 476 g/mol. The molecule has 2 atom stereocenters. The molecule has 186 valence electrons. The van der Waals surface area contributed by atoms with Crippen molar-refractivity contribution in [3.05, 3.63) is 34.2 Å². The van der Waals surface area contributed by atoms with Crippen LogP contribution in [0.5, 0.6) is 0 Å². The van der Waals surface area contributed by atoms with Crippen molar-refractivity contribution >= 4 is 28.8 Å². The summed E-state index contributed by atoms with van der Waals surface area (Å²) in [6, 6.07) is 4.99. The lowest BCUT2D eigenvalue weighted by atomic mass is 9.89. The van der Waals surface area contributed by atoms with Gasteiger partial charge < -0.3 is 14.6 Å². The van der Waals surface area contributed by atoms with Gasteiger partial charge in [-0.3, -0.25) is 24.0 Å². The third-order valence-electron chi connectivity index (χ3n) is 5.95. The van der Waals surface area contributed by atoms with Crippen LogP contribution in [0.25, 0.3) is 11.0 Å². The molecule has 1 aromatic carbocycles. The Morgan fingerprint density at radius 1 is 1.18 bits per heavy atom. The summed E-state index contributed by atoms with van der Waals surface area (Å²) in [7, 11) is 1.67. The van der Waals surface area contributed by atoms with Crippen molar-refractivity contribution in [2.45, 2.75) is 58.6 Å². The Morgan fingerprint density at radius 3 is 2.56 bits per heavy atom. The number of imidazole rings is 1. The topological polar surface area (TPSA) is 129 Å². The number of aromatic nitrogens is 2. The highest BCUT2D eigenvalue weighted by Gasteiger charge is 2.32. The van der Waals surface area contributed by atoms with Gasteiger partial charge in [-0.25, -0.2) is 9.59 Å². The van der Waals surface area contributed by atoms with Gasteiger partial charge in [0.05, 0.1) is 24.2 Å². The number of nitrogens with zero attached hydrogens (tertiary/aromatic N) is 2. The lowest BCUT2D eigenvalue weighted by Crippen LogP contribution is -2.44. The van der Waals surface area contributed by atoms with E-state index in [0.717, 1.165) is 23.9 Å². The monoisotopic (exact) mass is 475 g/mol. The standard InChI is InChI=1S/C24H33N3O7/c1-24(2,3)20(22(30)31)34-13-12-33-11-5-6-15-7-8-16-18(14-15)26(4)23(32)27(16)17-9-10-19(28)25-21(17)29/h7-8,14,17,20H,5-6,9-13H2,1-4H3,(H,30,31)(H,25,28,29). The highest BCUT2D eigenvalue weighted by atomic mass is 16.5. The van der Waals surface area contributed by atoms with Gasteiger partial charge in [-0.15, -0.1) is 0 Å². The van der Waals surface area contributed by atoms with Crippen molar-refractivity contribution in [1.82, 2.24) is 14.5 Å². The van der Waals surface area contributed by atoms with Crippen molar-refractivity contribution in [2.75, 3.05) is 19.8 Å². The SMILES string of the molecule is Cn1c(=O)n(C2CCC(=O)NC2=O)c2ccc(CCCOCCOC(C(=O)O)C(C)(C)C)cc21. The molecule has 0 spiro atoms. The summed E-state index contributed by atoms with van der Waals surface area (Å²) in [5, 5.41) is 11.6. The van der Waals surface area contributed by atoms with E-state index in [2.05, 4.69) is 5.32 Å². The minimum absolute atomic E-state index is 0.204. The van der Waals surface area contributed by atoms with Crippen LogP contribution in [0, 0.1) is 5.41 Å². The number of carboxylic acids is 1. The lowest BCUT2D eigenvalue weighted by Gasteiger charge is -2.26. The average Bonchev–Trinajstić information content (AvgIpc) is 2.99. The molecule has 3 rings (SSSR count). The molecular weight excluding hydrogens is 442 g/mol. The first kappa shape index (κ1) is 25.6. The number of benzene rings is 1. The van der Waals surface area contributed by atoms with E-state index in [1.54, 1.807) is 7.05 Å². The van der Waals surface area contributed by atoms with Gasteiger partial charge in [0.25, 0.3) is 0 Å². The normalized spacial score (nSPS) is 17.7. The molecule has 0 aliphatic carbocycles. The number of aryl methyl sites for hydroxylation is 2. The van der Waals surface area contributed by atoms with Crippen LogP contribution in [0.1, 0.15) is 51.6 Å². The van der Waals surface area contributed by atoms with Crippen LogP contribution in [0.3, 0.4) is 0 Å². The summed E-state index contributed by atoms with van der Waals surface area (Å²) in [6.45, 7) is 6.46. The molecule has 2 amide bonds. The molecule has 1 aliphatic rings. The van der Waals surface area contributed by atoms with Gasteiger partial charge in [0.2, 0.25) is 11.8 Å². The number of rotatable bonds is 10. The van der Waals surface area contributed by atoms with Crippen molar-refractivity contribution < 1.29 is 29.0 Å². The highest BCUT2D eigenvalue weighted by Crippen LogP contribution is 2.24. The first-order chi connectivity index (χ1) is 16.0. The van der Waals surface area contributed by atoms with Gasteiger partial charge in [0, 0.05) is 20.1 Å². The Bertz CT molecular complexity index is 1130. The zero-order chi connectivity index (χ0) is 25.0. The highest BCUT2D eigenvalue weighted by molar-refractivity contribution is 6.00. The molecule has 0 saturated carbocycles. The van der Waals surface area contributed by atoms with E-state index in [1.807, 2.05) is 39.0 Å². The van der Waals surface area contributed by atoms with Crippen LogP contribution in [-0.4, -0.2) is 57.9 Å². The molecule has 0 radical (unpaired) electrons. The lowest BCUT2D eigenvalue weighted by molar-refractivity contribution is -0.159. The molecule has 2 aromatic rings. The molecule has 1 fully saturated rings. The van der Waals surface area contributed by atoms with E-state index in [4.69, 9.17) is 9.47 Å². The quantitative estimate of drug-likeness (QED) is 0.396. The molecular formula is C24H33N3O7. The molecule has 2 N–H and O–H groups in total. The first-order valence-corrected chi connectivity index (χ1v) is 11.5. The Kier molecular flexibility index (Phi) is 7.93. The van der Waals surface area contributed by atoms with Gasteiger partial charge in [0.1, 0.15) is 6.04 Å². The van der Waals surface area contributed by atoms with Crippen LogP contribution in [0.2, 0.25) is 0 Å². The molecule has 2 unspecified atom stereocenters. The Hall–Kier alpha value is -2.98. The second-order valence-electron chi connectivity index (χ2n) is 9.67. The minimum Gasteiger partial charge on any atom is -0.479 e. The van der Waals surface area contributed by atoms with Gasteiger partial charge in [-0.05, 0) is 42.4 Å². The predicted octanol–water partition coefficient (Wildman–Crippen LogP) is 1.78. The van der Waals surface area contributed by atoms with Crippen LogP contribution >= 0.6 is 0 Å². The van der Waals surface area contributed by atoms with Crippen LogP contribution in [0.4, 0.5) is 0 Å². The molecule has 0 bridgehead atoms. The minimum atomic E-state index is -0.983. The second kappa shape index (κ2) is 10.5. The number of hydrogen-bond donors (Lipinski definition) is 2. The fraction of sp³-hybridized carbons (Fsp3) is 0.583. The number of piperidine rings is 1. The van der Waals surface area contributed by atoms with E-state index >= 15 is 0 Å². The smallest absolute Gasteiger partial charge is 0.333 e. The molecule has 34 heavy (non-hydrogen) atoms. The molecule has 1 aliphatic heterocycles. The Balaban J connectivity index is 1.54. The van der Waals surface area contributed by atoms with Crippen LogP contribution < -0.4 is 11.0 Å². The molecule has 2 heterocycles. The number of aliphatic carboxylic acids is 1. The van der Waals surface area contributed by atoms with E-state index in [9.17, 15) is 24.3 Å². The fourth-order valence-electron chi connectivity index (χ4n) is 4.19. The van der Waals surface area contributed by atoms with Gasteiger partial charge in [-0.1, -0.05) is 26.8 Å². The second-order valence-corrected chi connectivity index (χ2v) is 9.67. The summed E-state index contributed by atoms with van der Waals surface area (Å²) in [4.78, 5) is 47.9. The van der Waals surface area contributed by atoms with E-state index in [0.29, 0.717) is 25.2 Å². The molecule has 1 aromatic heterocycles. The van der Waals surface area contributed by atoms with Crippen LogP contribution in [-0.2, 0) is 37.3 Å². The Labute approximate surface area is 197 Å². The van der Waals surface area contributed by atoms with Crippen molar-refractivity contribution in [3.63, 3.8) is 0 Å².